The fourth-order valence-corrected chi connectivity index (χ4v) is 2.88. The maximum atomic E-state index is 12.3. The first-order valence-electron chi connectivity index (χ1n) is 8.98. The Bertz CT molecular complexity index is 689. The lowest BCUT2D eigenvalue weighted by Crippen LogP contribution is -2.17. The minimum atomic E-state index is -0.190. The van der Waals surface area contributed by atoms with Gasteiger partial charge in [0.15, 0.2) is 0 Å². The molecule has 0 bridgehead atoms. The second kappa shape index (κ2) is 8.01. The topological polar surface area (TPSA) is 57.3 Å². The lowest BCUT2D eigenvalue weighted by atomic mass is 10.2. The number of benzene rings is 1. The van der Waals surface area contributed by atoms with Crippen molar-refractivity contribution >= 4 is 23.0 Å². The van der Waals surface area contributed by atoms with Crippen LogP contribution in [0.3, 0.4) is 0 Å². The molecule has 0 unspecified atom stereocenters. The summed E-state index contributed by atoms with van der Waals surface area (Å²) < 4.78 is 0. The van der Waals surface area contributed by atoms with E-state index in [9.17, 15) is 4.79 Å². The van der Waals surface area contributed by atoms with Crippen LogP contribution in [0.1, 0.15) is 37.2 Å². The van der Waals surface area contributed by atoms with Crippen molar-refractivity contribution in [1.29, 1.82) is 0 Å². The molecule has 132 valence electrons. The van der Waals surface area contributed by atoms with Gasteiger partial charge in [0.25, 0.3) is 5.91 Å². The Balaban J connectivity index is 1.57. The quantitative estimate of drug-likeness (QED) is 0.836. The van der Waals surface area contributed by atoms with E-state index < -0.39 is 0 Å². The van der Waals surface area contributed by atoms with E-state index in [1.165, 1.54) is 18.5 Å². The van der Waals surface area contributed by atoms with E-state index >= 15 is 0 Å². The summed E-state index contributed by atoms with van der Waals surface area (Å²) in [5.41, 5.74) is 3.35. The number of hydrogen-bond donors (Lipinski definition) is 2. The number of aromatic nitrogens is 1. The van der Waals surface area contributed by atoms with Gasteiger partial charge in [-0.25, -0.2) is 4.98 Å². The first-order valence-corrected chi connectivity index (χ1v) is 8.98. The Labute approximate surface area is 149 Å². The number of anilines is 3. The average Bonchev–Trinajstić information content (AvgIpc) is 3.15. The van der Waals surface area contributed by atoms with E-state index in [1.807, 2.05) is 18.2 Å². The molecule has 1 aromatic heterocycles. The lowest BCUT2D eigenvalue weighted by Gasteiger charge is -2.17. The number of nitrogens with one attached hydrogen (secondary N) is 2. The third-order valence-electron chi connectivity index (χ3n) is 4.31. The molecule has 2 heterocycles. The van der Waals surface area contributed by atoms with Crippen LogP contribution >= 0.6 is 0 Å². The van der Waals surface area contributed by atoms with Gasteiger partial charge in [0.1, 0.15) is 5.69 Å². The zero-order chi connectivity index (χ0) is 17.6. The molecule has 25 heavy (non-hydrogen) atoms. The number of carbonyl (C=O) groups excluding carboxylic acids is 1. The molecule has 1 saturated heterocycles. The Morgan fingerprint density at radius 3 is 2.36 bits per heavy atom. The molecular weight excluding hydrogens is 312 g/mol. The molecule has 1 aromatic carbocycles. The highest BCUT2D eigenvalue weighted by molar-refractivity contribution is 6.03. The first-order chi connectivity index (χ1) is 12.1. The second-order valence-corrected chi connectivity index (χ2v) is 6.90. The van der Waals surface area contributed by atoms with Gasteiger partial charge in [0.05, 0.1) is 11.9 Å². The van der Waals surface area contributed by atoms with Crippen molar-refractivity contribution in [2.24, 2.45) is 5.92 Å². The van der Waals surface area contributed by atoms with E-state index in [-0.39, 0.29) is 5.91 Å². The maximum absolute atomic E-state index is 12.3. The maximum Gasteiger partial charge on any atom is 0.274 e. The molecule has 2 N–H and O–H groups in total. The normalized spacial score (nSPS) is 14.0. The van der Waals surface area contributed by atoms with Crippen molar-refractivity contribution in [3.8, 4) is 0 Å². The summed E-state index contributed by atoms with van der Waals surface area (Å²) >= 11 is 0. The van der Waals surface area contributed by atoms with Crippen LogP contribution in [0, 0.1) is 5.92 Å². The van der Waals surface area contributed by atoms with Gasteiger partial charge in [0.2, 0.25) is 0 Å². The Hall–Kier alpha value is -2.56. The molecule has 3 rings (SSSR count). The van der Waals surface area contributed by atoms with E-state index in [1.54, 1.807) is 12.3 Å². The highest BCUT2D eigenvalue weighted by Crippen LogP contribution is 2.22. The van der Waals surface area contributed by atoms with Crippen LogP contribution in [-0.2, 0) is 0 Å². The van der Waals surface area contributed by atoms with E-state index in [4.69, 9.17) is 0 Å². The van der Waals surface area contributed by atoms with Crippen molar-refractivity contribution in [3.63, 3.8) is 0 Å². The van der Waals surface area contributed by atoms with Gasteiger partial charge in [0, 0.05) is 31.0 Å². The van der Waals surface area contributed by atoms with Crippen LogP contribution in [0.4, 0.5) is 17.1 Å². The Kier molecular flexibility index (Phi) is 5.53. The molecule has 0 aliphatic carbocycles. The van der Waals surface area contributed by atoms with E-state index in [0.717, 1.165) is 31.0 Å². The van der Waals surface area contributed by atoms with Crippen LogP contribution in [0.15, 0.2) is 42.6 Å². The summed E-state index contributed by atoms with van der Waals surface area (Å²) in [4.78, 5) is 18.9. The monoisotopic (exact) mass is 338 g/mol. The summed E-state index contributed by atoms with van der Waals surface area (Å²) in [5, 5.41) is 6.20. The number of amides is 1. The van der Waals surface area contributed by atoms with Gasteiger partial charge < -0.3 is 15.5 Å². The largest absolute Gasteiger partial charge is 0.384 e. The van der Waals surface area contributed by atoms with Crippen LogP contribution in [-0.4, -0.2) is 30.5 Å². The smallest absolute Gasteiger partial charge is 0.274 e. The van der Waals surface area contributed by atoms with Gasteiger partial charge in [-0.05, 0) is 55.2 Å². The highest BCUT2D eigenvalue weighted by atomic mass is 16.1. The van der Waals surface area contributed by atoms with Gasteiger partial charge in [-0.2, -0.15) is 0 Å². The van der Waals surface area contributed by atoms with Gasteiger partial charge >= 0.3 is 0 Å². The number of carbonyl (C=O) groups is 1. The highest BCUT2D eigenvalue weighted by Gasteiger charge is 2.12. The van der Waals surface area contributed by atoms with Crippen LogP contribution in [0.5, 0.6) is 0 Å². The summed E-state index contributed by atoms with van der Waals surface area (Å²) in [5.74, 6) is 0.371. The van der Waals surface area contributed by atoms with Gasteiger partial charge in [-0.3, -0.25) is 4.79 Å². The van der Waals surface area contributed by atoms with Crippen molar-refractivity contribution in [2.45, 2.75) is 26.7 Å². The average molecular weight is 338 g/mol. The molecule has 0 saturated carbocycles. The Morgan fingerprint density at radius 2 is 1.76 bits per heavy atom. The predicted molar refractivity (Wildman–Crippen MR) is 103 cm³/mol. The summed E-state index contributed by atoms with van der Waals surface area (Å²) in [6.45, 7) is 7.42. The zero-order valence-electron chi connectivity index (χ0n) is 15.0. The third-order valence-corrected chi connectivity index (χ3v) is 4.31. The third kappa shape index (κ3) is 4.72. The van der Waals surface area contributed by atoms with Gasteiger partial charge in [-0.1, -0.05) is 13.8 Å². The summed E-state index contributed by atoms with van der Waals surface area (Å²) in [6, 6.07) is 11.7. The fraction of sp³-hybridized carbons (Fsp3) is 0.400. The molecule has 1 aliphatic rings. The number of hydrogen-bond acceptors (Lipinski definition) is 4. The van der Waals surface area contributed by atoms with E-state index in [0.29, 0.717) is 11.6 Å². The predicted octanol–water partition coefficient (Wildman–Crippen LogP) is 4.00. The minimum Gasteiger partial charge on any atom is -0.384 e. The molecule has 1 amide bonds. The molecule has 2 aromatic rings. The van der Waals surface area contributed by atoms with Crippen molar-refractivity contribution in [3.05, 3.63) is 48.3 Å². The lowest BCUT2D eigenvalue weighted by molar-refractivity contribution is 0.102. The van der Waals surface area contributed by atoms with Gasteiger partial charge in [-0.15, -0.1) is 0 Å². The molecule has 1 aliphatic heterocycles. The van der Waals surface area contributed by atoms with E-state index in [2.05, 4.69) is 46.5 Å². The van der Waals surface area contributed by atoms with Crippen LogP contribution in [0.25, 0.3) is 0 Å². The molecule has 0 atom stereocenters. The minimum absolute atomic E-state index is 0.190. The first kappa shape index (κ1) is 17.3. The fourth-order valence-electron chi connectivity index (χ4n) is 2.88. The molecule has 0 spiro atoms. The molecule has 1 fully saturated rings. The number of pyridine rings is 1. The second-order valence-electron chi connectivity index (χ2n) is 6.90. The van der Waals surface area contributed by atoms with Crippen LogP contribution in [0.2, 0.25) is 0 Å². The zero-order valence-corrected chi connectivity index (χ0v) is 15.0. The van der Waals surface area contributed by atoms with Crippen molar-refractivity contribution < 1.29 is 4.79 Å². The molecule has 5 heteroatoms. The summed E-state index contributed by atoms with van der Waals surface area (Å²) in [6.07, 6.45) is 4.21. The molecule has 0 radical (unpaired) electrons. The Morgan fingerprint density at radius 1 is 1.08 bits per heavy atom. The number of rotatable bonds is 6. The molecular formula is C20H26N4O. The molecule has 5 nitrogen and oxygen atoms in total. The van der Waals surface area contributed by atoms with Crippen molar-refractivity contribution in [2.75, 3.05) is 35.2 Å². The van der Waals surface area contributed by atoms with Crippen LogP contribution < -0.4 is 15.5 Å². The summed E-state index contributed by atoms with van der Waals surface area (Å²) in [7, 11) is 0. The van der Waals surface area contributed by atoms with Crippen molar-refractivity contribution in [1.82, 2.24) is 4.98 Å². The number of nitrogens with zero attached hydrogens (tertiary/aromatic N) is 2. The SMILES string of the molecule is CC(C)CNc1ccc(C(=O)Nc2ccc(N3CCCC3)cc2)nc1. The standard InChI is InChI=1S/C20H26N4O/c1-15(2)13-21-17-7-10-19(22-14-17)20(25)23-16-5-8-18(9-6-16)24-11-3-4-12-24/h5-10,14-15,21H,3-4,11-13H2,1-2H3,(H,23,25).